The molecule has 0 fully saturated rings. The molecule has 3 rings (SSSR count). The second kappa shape index (κ2) is 9.34. The number of aryl methyl sites for hydroxylation is 1. The molecule has 1 amide bonds. The van der Waals surface area contributed by atoms with Gasteiger partial charge >= 0.3 is 5.97 Å². The lowest BCUT2D eigenvalue weighted by atomic mass is 10.0. The zero-order valence-corrected chi connectivity index (χ0v) is 16.9. The molecule has 0 spiro atoms. The van der Waals surface area contributed by atoms with E-state index in [1.165, 1.54) is 49.6 Å². The fraction of sp³-hybridized carbons (Fsp3) is 0.174. The number of benzene rings is 2. The molecule has 0 radical (unpaired) electrons. The van der Waals surface area contributed by atoms with E-state index >= 15 is 0 Å². The van der Waals surface area contributed by atoms with Crippen LogP contribution in [0.4, 0.5) is 8.78 Å². The quantitative estimate of drug-likeness (QED) is 0.588. The number of carboxylic acid groups (broad SMARTS) is 1. The smallest absolute Gasteiger partial charge is 0.305 e. The van der Waals surface area contributed by atoms with Crippen molar-refractivity contribution in [2.45, 2.75) is 19.4 Å². The van der Waals surface area contributed by atoms with Crippen LogP contribution in [0.1, 0.15) is 34.1 Å². The third-order valence-corrected chi connectivity index (χ3v) is 4.71. The number of nitrogens with zero attached hydrogens (tertiary/aromatic N) is 1. The molecule has 160 valence electrons. The van der Waals surface area contributed by atoms with Gasteiger partial charge in [-0.25, -0.2) is 13.8 Å². The SMILES string of the molecule is COc1ccc(C(=O)NC(CC(=O)O)c2ccccc2F)nc1-c1ccc(F)c(C)c1. The third-order valence-electron chi connectivity index (χ3n) is 4.71. The average molecular weight is 426 g/mol. The van der Waals surface area contributed by atoms with Gasteiger partial charge in [-0.1, -0.05) is 18.2 Å². The molecule has 1 heterocycles. The Bertz CT molecular complexity index is 1130. The Morgan fingerprint density at radius 2 is 1.84 bits per heavy atom. The molecule has 8 heteroatoms. The lowest BCUT2D eigenvalue weighted by molar-refractivity contribution is -0.137. The molecule has 3 aromatic rings. The molecule has 0 aliphatic carbocycles. The molecule has 2 aromatic carbocycles. The number of carbonyl (C=O) groups is 2. The molecule has 0 aliphatic heterocycles. The number of nitrogens with one attached hydrogen (secondary N) is 1. The van der Waals surface area contributed by atoms with E-state index in [4.69, 9.17) is 4.74 Å². The second-order valence-electron chi connectivity index (χ2n) is 6.86. The van der Waals surface area contributed by atoms with Crippen molar-refractivity contribution in [3.05, 3.63) is 83.1 Å². The van der Waals surface area contributed by atoms with Gasteiger partial charge < -0.3 is 15.2 Å². The summed E-state index contributed by atoms with van der Waals surface area (Å²) in [6.07, 6.45) is -0.507. The van der Waals surface area contributed by atoms with E-state index in [1.54, 1.807) is 19.1 Å². The molecule has 1 unspecified atom stereocenters. The average Bonchev–Trinajstić information content (AvgIpc) is 2.74. The van der Waals surface area contributed by atoms with Crippen LogP contribution in [0, 0.1) is 18.6 Å². The standard InChI is InChI=1S/C23H20F2N2O4/c1-13-11-14(7-8-16(13)24)22-20(31-2)10-9-18(26-22)23(30)27-19(12-21(28)29)15-5-3-4-6-17(15)25/h3-11,19H,12H2,1-2H3,(H,27,30)(H,28,29). The molecule has 2 N–H and O–H groups in total. The first-order valence-corrected chi connectivity index (χ1v) is 9.38. The number of rotatable bonds is 7. The Hall–Kier alpha value is -3.81. The Morgan fingerprint density at radius 3 is 2.48 bits per heavy atom. The van der Waals surface area contributed by atoms with Gasteiger partial charge in [-0.2, -0.15) is 0 Å². The lowest BCUT2D eigenvalue weighted by Gasteiger charge is -2.18. The van der Waals surface area contributed by atoms with Crippen LogP contribution in [0.5, 0.6) is 5.75 Å². The summed E-state index contributed by atoms with van der Waals surface area (Å²) in [6.45, 7) is 1.60. The van der Waals surface area contributed by atoms with Gasteiger partial charge in [-0.05, 0) is 48.9 Å². The minimum Gasteiger partial charge on any atom is -0.494 e. The van der Waals surface area contributed by atoms with Crippen molar-refractivity contribution < 1.29 is 28.2 Å². The normalized spacial score (nSPS) is 11.6. The Labute approximate surface area is 177 Å². The predicted octanol–water partition coefficient (Wildman–Crippen LogP) is 4.29. The number of ether oxygens (including phenoxy) is 1. The molecular weight excluding hydrogens is 406 g/mol. The summed E-state index contributed by atoms with van der Waals surface area (Å²) in [4.78, 5) is 28.4. The van der Waals surface area contributed by atoms with Gasteiger partial charge in [0.2, 0.25) is 0 Å². The van der Waals surface area contributed by atoms with Crippen molar-refractivity contribution in [3.63, 3.8) is 0 Å². The van der Waals surface area contributed by atoms with Crippen LogP contribution in [-0.2, 0) is 4.79 Å². The van der Waals surface area contributed by atoms with Crippen LogP contribution in [0.2, 0.25) is 0 Å². The third kappa shape index (κ3) is 5.03. The number of pyridine rings is 1. The molecule has 0 saturated heterocycles. The zero-order chi connectivity index (χ0) is 22.5. The highest BCUT2D eigenvalue weighted by Gasteiger charge is 2.23. The number of hydrogen-bond donors (Lipinski definition) is 2. The van der Waals surface area contributed by atoms with Gasteiger partial charge in [-0.15, -0.1) is 0 Å². The second-order valence-corrected chi connectivity index (χ2v) is 6.86. The molecule has 1 atom stereocenters. The number of halogens is 2. The Morgan fingerprint density at radius 1 is 1.10 bits per heavy atom. The van der Waals surface area contributed by atoms with E-state index in [2.05, 4.69) is 10.3 Å². The summed E-state index contributed by atoms with van der Waals surface area (Å²) in [5, 5.41) is 11.7. The maximum absolute atomic E-state index is 14.2. The summed E-state index contributed by atoms with van der Waals surface area (Å²) >= 11 is 0. The summed E-state index contributed by atoms with van der Waals surface area (Å²) in [5.41, 5.74) is 1.29. The van der Waals surface area contributed by atoms with E-state index in [0.29, 0.717) is 22.6 Å². The summed E-state index contributed by atoms with van der Waals surface area (Å²) in [7, 11) is 1.44. The highest BCUT2D eigenvalue weighted by Crippen LogP contribution is 2.30. The van der Waals surface area contributed by atoms with Crippen LogP contribution in [0.15, 0.2) is 54.6 Å². The molecule has 6 nitrogen and oxygen atoms in total. The van der Waals surface area contributed by atoms with E-state index < -0.39 is 30.2 Å². The van der Waals surface area contributed by atoms with Crippen molar-refractivity contribution in [1.29, 1.82) is 0 Å². The largest absolute Gasteiger partial charge is 0.494 e. The van der Waals surface area contributed by atoms with Gasteiger partial charge in [0.05, 0.1) is 19.6 Å². The number of aromatic nitrogens is 1. The van der Waals surface area contributed by atoms with Gasteiger partial charge in [-0.3, -0.25) is 9.59 Å². The molecule has 0 aliphatic rings. The van der Waals surface area contributed by atoms with Crippen LogP contribution in [0.3, 0.4) is 0 Å². The van der Waals surface area contributed by atoms with Gasteiger partial charge in [0.15, 0.2) is 0 Å². The zero-order valence-electron chi connectivity index (χ0n) is 16.9. The maximum atomic E-state index is 14.2. The molecule has 0 saturated carbocycles. The van der Waals surface area contributed by atoms with Crippen LogP contribution in [-0.4, -0.2) is 29.1 Å². The molecule has 31 heavy (non-hydrogen) atoms. The van der Waals surface area contributed by atoms with Crippen molar-refractivity contribution >= 4 is 11.9 Å². The molecule has 1 aromatic heterocycles. The van der Waals surface area contributed by atoms with Crippen molar-refractivity contribution in [1.82, 2.24) is 10.3 Å². The van der Waals surface area contributed by atoms with Crippen LogP contribution < -0.4 is 10.1 Å². The minimum atomic E-state index is -1.20. The highest BCUT2D eigenvalue weighted by molar-refractivity contribution is 5.93. The van der Waals surface area contributed by atoms with Crippen molar-refractivity contribution in [2.24, 2.45) is 0 Å². The number of carbonyl (C=O) groups excluding carboxylic acids is 1. The van der Waals surface area contributed by atoms with E-state index in [9.17, 15) is 23.5 Å². The predicted molar refractivity (Wildman–Crippen MR) is 110 cm³/mol. The summed E-state index contributed by atoms with van der Waals surface area (Å²) in [6, 6.07) is 11.9. The number of hydrogen-bond acceptors (Lipinski definition) is 4. The summed E-state index contributed by atoms with van der Waals surface area (Å²) < 4.78 is 33.2. The molecular formula is C23H20F2N2O4. The molecule has 0 bridgehead atoms. The van der Waals surface area contributed by atoms with Crippen molar-refractivity contribution in [2.75, 3.05) is 7.11 Å². The monoisotopic (exact) mass is 426 g/mol. The fourth-order valence-corrected chi connectivity index (χ4v) is 3.14. The van der Waals surface area contributed by atoms with E-state index in [0.717, 1.165) is 0 Å². The van der Waals surface area contributed by atoms with Gasteiger partial charge in [0.25, 0.3) is 5.91 Å². The number of methoxy groups -OCH3 is 1. The van der Waals surface area contributed by atoms with Crippen LogP contribution >= 0.6 is 0 Å². The highest BCUT2D eigenvalue weighted by atomic mass is 19.1. The topological polar surface area (TPSA) is 88.5 Å². The summed E-state index contributed by atoms with van der Waals surface area (Å²) in [5.74, 6) is -2.51. The minimum absolute atomic E-state index is 0.0236. The van der Waals surface area contributed by atoms with Crippen molar-refractivity contribution in [3.8, 4) is 17.0 Å². The Kier molecular flexibility index (Phi) is 6.59. The van der Waals surface area contributed by atoms with Crippen LogP contribution in [0.25, 0.3) is 11.3 Å². The van der Waals surface area contributed by atoms with Gasteiger partial charge in [0.1, 0.15) is 28.8 Å². The number of aliphatic carboxylic acids is 1. The first kappa shape index (κ1) is 21.9. The number of carboxylic acids is 1. The lowest BCUT2D eigenvalue weighted by Crippen LogP contribution is -2.31. The van der Waals surface area contributed by atoms with E-state index in [-0.39, 0.29) is 17.1 Å². The maximum Gasteiger partial charge on any atom is 0.305 e. The fourth-order valence-electron chi connectivity index (χ4n) is 3.14. The Balaban J connectivity index is 1.95. The first-order chi connectivity index (χ1) is 14.8. The van der Waals surface area contributed by atoms with E-state index in [1.807, 2.05) is 0 Å². The van der Waals surface area contributed by atoms with Gasteiger partial charge in [0, 0.05) is 11.1 Å². The number of amides is 1. The first-order valence-electron chi connectivity index (χ1n) is 9.38.